The maximum atomic E-state index is 12.4. The maximum Gasteiger partial charge on any atom is 0.401 e. The minimum atomic E-state index is -4.14. The lowest BCUT2D eigenvalue weighted by Crippen LogP contribution is -2.47. The minimum Gasteiger partial charge on any atom is -0.393 e. The largest absolute Gasteiger partial charge is 0.401 e. The highest BCUT2D eigenvalue weighted by molar-refractivity contribution is 4.82. The van der Waals surface area contributed by atoms with Crippen molar-refractivity contribution in [1.82, 2.24) is 4.90 Å². The van der Waals surface area contributed by atoms with E-state index >= 15 is 0 Å². The molecule has 0 spiro atoms. The molecule has 1 rings (SSSR count). The van der Waals surface area contributed by atoms with Gasteiger partial charge < -0.3 is 5.11 Å². The van der Waals surface area contributed by atoms with Crippen LogP contribution < -0.4 is 0 Å². The monoisotopic (exact) mass is 239 g/mol. The van der Waals surface area contributed by atoms with Crippen LogP contribution in [-0.2, 0) is 0 Å². The predicted molar refractivity (Wildman–Crippen MR) is 56.2 cm³/mol. The van der Waals surface area contributed by atoms with Gasteiger partial charge in [-0.15, -0.1) is 0 Å². The quantitative estimate of drug-likeness (QED) is 0.818. The number of hydrogen-bond donors (Lipinski definition) is 1. The molecule has 0 amide bonds. The normalized spacial score (nSPS) is 27.8. The third-order valence-electron chi connectivity index (χ3n) is 3.16. The Morgan fingerprint density at radius 3 is 2.06 bits per heavy atom. The van der Waals surface area contributed by atoms with Gasteiger partial charge in [-0.05, 0) is 39.5 Å². The summed E-state index contributed by atoms with van der Waals surface area (Å²) in [5.41, 5.74) is 0. The Kier molecular flexibility index (Phi) is 4.62. The average molecular weight is 239 g/mol. The van der Waals surface area contributed by atoms with Gasteiger partial charge in [-0.3, -0.25) is 4.90 Å². The van der Waals surface area contributed by atoms with E-state index in [1.165, 1.54) is 4.90 Å². The van der Waals surface area contributed by atoms with Crippen molar-refractivity contribution < 1.29 is 18.3 Å². The summed E-state index contributed by atoms with van der Waals surface area (Å²) in [6.07, 6.45) is -1.90. The van der Waals surface area contributed by atoms with E-state index in [0.717, 1.165) is 0 Å². The van der Waals surface area contributed by atoms with Gasteiger partial charge in [-0.1, -0.05) is 0 Å². The van der Waals surface area contributed by atoms with Crippen molar-refractivity contribution >= 4 is 0 Å². The lowest BCUT2D eigenvalue weighted by molar-refractivity contribution is -0.157. The van der Waals surface area contributed by atoms with E-state index in [2.05, 4.69) is 0 Å². The lowest BCUT2D eigenvalue weighted by Gasteiger charge is -2.38. The van der Waals surface area contributed by atoms with Crippen LogP contribution in [0.25, 0.3) is 0 Å². The molecule has 2 nitrogen and oxygen atoms in total. The van der Waals surface area contributed by atoms with Gasteiger partial charge in [-0.2, -0.15) is 13.2 Å². The molecule has 1 aliphatic carbocycles. The van der Waals surface area contributed by atoms with Crippen LogP contribution in [0.3, 0.4) is 0 Å². The minimum absolute atomic E-state index is 0.0370. The molecule has 0 aromatic heterocycles. The molecule has 0 atom stereocenters. The molecule has 0 aromatic carbocycles. The molecule has 1 saturated carbocycles. The van der Waals surface area contributed by atoms with Crippen LogP contribution in [0.2, 0.25) is 0 Å². The number of alkyl halides is 3. The summed E-state index contributed by atoms with van der Waals surface area (Å²) in [4.78, 5) is 1.51. The van der Waals surface area contributed by atoms with Gasteiger partial charge in [0.15, 0.2) is 0 Å². The number of nitrogens with zero attached hydrogens (tertiary/aromatic N) is 1. The SMILES string of the molecule is CC(C)N(CC(F)(F)F)C1CCC(O)CC1. The first kappa shape index (κ1) is 13.8. The molecule has 0 unspecified atom stereocenters. The Labute approximate surface area is 94.4 Å². The zero-order valence-corrected chi connectivity index (χ0v) is 9.80. The summed E-state index contributed by atoms with van der Waals surface area (Å²) in [6.45, 7) is 2.74. The molecule has 1 N–H and O–H groups in total. The van der Waals surface area contributed by atoms with Gasteiger partial charge in [-0.25, -0.2) is 0 Å². The summed E-state index contributed by atoms with van der Waals surface area (Å²) in [6, 6.07) is -0.146. The predicted octanol–water partition coefficient (Wildman–Crippen LogP) is 2.56. The maximum absolute atomic E-state index is 12.4. The molecule has 0 aromatic rings. The van der Waals surface area contributed by atoms with Gasteiger partial charge in [0.05, 0.1) is 12.6 Å². The van der Waals surface area contributed by atoms with Crippen molar-refractivity contribution in [3.8, 4) is 0 Å². The third-order valence-corrected chi connectivity index (χ3v) is 3.16. The first-order valence-electron chi connectivity index (χ1n) is 5.80. The van der Waals surface area contributed by atoms with E-state index < -0.39 is 12.7 Å². The van der Waals surface area contributed by atoms with Crippen molar-refractivity contribution in [2.24, 2.45) is 0 Å². The van der Waals surface area contributed by atoms with Gasteiger partial charge >= 0.3 is 6.18 Å². The summed E-state index contributed by atoms with van der Waals surface area (Å²) in [7, 11) is 0. The second-order valence-electron chi connectivity index (χ2n) is 4.84. The zero-order valence-electron chi connectivity index (χ0n) is 9.80. The molecule has 0 aliphatic heterocycles. The van der Waals surface area contributed by atoms with E-state index in [9.17, 15) is 18.3 Å². The van der Waals surface area contributed by atoms with Crippen LogP contribution >= 0.6 is 0 Å². The molecule has 96 valence electrons. The molecule has 1 fully saturated rings. The van der Waals surface area contributed by atoms with Crippen LogP contribution in [0.5, 0.6) is 0 Å². The Morgan fingerprint density at radius 1 is 1.19 bits per heavy atom. The van der Waals surface area contributed by atoms with Crippen molar-refractivity contribution in [1.29, 1.82) is 0 Å². The smallest absolute Gasteiger partial charge is 0.393 e. The lowest BCUT2D eigenvalue weighted by atomic mass is 9.91. The highest BCUT2D eigenvalue weighted by Crippen LogP contribution is 2.27. The summed E-state index contributed by atoms with van der Waals surface area (Å²) in [5, 5.41) is 9.34. The van der Waals surface area contributed by atoms with Gasteiger partial charge in [0, 0.05) is 12.1 Å². The fourth-order valence-electron chi connectivity index (χ4n) is 2.33. The van der Waals surface area contributed by atoms with Gasteiger partial charge in [0.25, 0.3) is 0 Å². The van der Waals surface area contributed by atoms with Crippen LogP contribution in [0.1, 0.15) is 39.5 Å². The second kappa shape index (κ2) is 5.36. The molecular weight excluding hydrogens is 219 g/mol. The molecule has 0 heterocycles. The van der Waals surface area contributed by atoms with E-state index in [4.69, 9.17) is 0 Å². The molecule has 16 heavy (non-hydrogen) atoms. The highest BCUT2D eigenvalue weighted by Gasteiger charge is 2.36. The molecule has 0 saturated heterocycles. The molecule has 1 aliphatic rings. The molecule has 5 heteroatoms. The fourth-order valence-corrected chi connectivity index (χ4v) is 2.33. The van der Waals surface area contributed by atoms with E-state index in [0.29, 0.717) is 25.7 Å². The topological polar surface area (TPSA) is 23.5 Å². The molecule has 0 radical (unpaired) electrons. The van der Waals surface area contributed by atoms with Crippen molar-refractivity contribution in [3.05, 3.63) is 0 Å². The van der Waals surface area contributed by atoms with E-state index in [1.807, 2.05) is 0 Å². The first-order valence-corrected chi connectivity index (χ1v) is 5.80. The van der Waals surface area contributed by atoms with E-state index in [1.54, 1.807) is 13.8 Å². The van der Waals surface area contributed by atoms with Gasteiger partial charge in [0.1, 0.15) is 0 Å². The molecular formula is C11H20F3NO. The zero-order chi connectivity index (χ0) is 12.3. The summed E-state index contributed by atoms with van der Waals surface area (Å²) in [5.74, 6) is 0. The standard InChI is InChI=1S/C11H20F3NO/c1-8(2)15(7-11(12,13)14)9-3-5-10(16)6-4-9/h8-10,16H,3-7H2,1-2H3. The Balaban J connectivity index is 2.56. The van der Waals surface area contributed by atoms with Crippen molar-refractivity contribution in [3.63, 3.8) is 0 Å². The fraction of sp³-hybridized carbons (Fsp3) is 1.00. The number of aliphatic hydroxyl groups is 1. The van der Waals surface area contributed by atoms with Gasteiger partial charge in [0.2, 0.25) is 0 Å². The highest BCUT2D eigenvalue weighted by atomic mass is 19.4. The van der Waals surface area contributed by atoms with Crippen LogP contribution in [0.4, 0.5) is 13.2 Å². The van der Waals surface area contributed by atoms with Crippen molar-refractivity contribution in [2.45, 2.75) is 63.9 Å². The van der Waals surface area contributed by atoms with Crippen molar-refractivity contribution in [2.75, 3.05) is 6.54 Å². The van der Waals surface area contributed by atoms with Crippen LogP contribution in [-0.4, -0.2) is 40.9 Å². The van der Waals surface area contributed by atoms with Crippen LogP contribution in [0.15, 0.2) is 0 Å². The average Bonchev–Trinajstić information content (AvgIpc) is 2.14. The number of aliphatic hydroxyl groups excluding tert-OH is 1. The summed E-state index contributed by atoms with van der Waals surface area (Å²) >= 11 is 0. The Hall–Kier alpha value is -0.290. The number of hydrogen-bond acceptors (Lipinski definition) is 2. The first-order chi connectivity index (χ1) is 7.29. The number of halogens is 3. The second-order valence-corrected chi connectivity index (χ2v) is 4.84. The summed E-state index contributed by atoms with van der Waals surface area (Å²) < 4.78 is 37.2. The Bertz CT molecular complexity index is 210. The Morgan fingerprint density at radius 2 is 1.69 bits per heavy atom. The van der Waals surface area contributed by atoms with Crippen LogP contribution in [0, 0.1) is 0 Å². The molecule has 0 bridgehead atoms. The number of rotatable bonds is 3. The third kappa shape index (κ3) is 4.29. The van der Waals surface area contributed by atoms with E-state index in [-0.39, 0.29) is 18.2 Å².